The summed E-state index contributed by atoms with van der Waals surface area (Å²) in [5.41, 5.74) is 4.11. The van der Waals surface area contributed by atoms with Crippen LogP contribution in [-0.2, 0) is 18.3 Å². The van der Waals surface area contributed by atoms with Crippen molar-refractivity contribution in [3.63, 3.8) is 0 Å². The van der Waals surface area contributed by atoms with Gasteiger partial charge < -0.3 is 5.32 Å². The molecule has 1 aromatic heterocycles. The van der Waals surface area contributed by atoms with Crippen LogP contribution < -0.4 is 5.32 Å². The zero-order chi connectivity index (χ0) is 17.3. The lowest BCUT2D eigenvalue weighted by atomic mass is 10.0. The van der Waals surface area contributed by atoms with Crippen molar-refractivity contribution in [2.45, 2.75) is 44.0 Å². The molecule has 0 aliphatic carbocycles. The van der Waals surface area contributed by atoms with Crippen LogP contribution in [0.4, 0.5) is 4.39 Å². The van der Waals surface area contributed by atoms with Crippen molar-refractivity contribution >= 4 is 17.7 Å². The molecule has 0 fully saturated rings. The Balaban J connectivity index is 1.65. The van der Waals surface area contributed by atoms with Gasteiger partial charge in [0.25, 0.3) is 0 Å². The van der Waals surface area contributed by atoms with Gasteiger partial charge in [-0.2, -0.15) is 5.10 Å². The number of aryl methyl sites for hydroxylation is 2. The molecular formula is C18H22FN3OS. The van der Waals surface area contributed by atoms with Gasteiger partial charge in [-0.25, -0.2) is 4.39 Å². The zero-order valence-corrected chi connectivity index (χ0v) is 15.0. The highest BCUT2D eigenvalue weighted by Gasteiger charge is 2.23. The summed E-state index contributed by atoms with van der Waals surface area (Å²) in [7, 11) is 1.91. The number of halogens is 1. The number of carbonyl (C=O) groups is 1. The van der Waals surface area contributed by atoms with E-state index in [9.17, 15) is 9.18 Å². The second kappa shape index (κ2) is 6.97. The summed E-state index contributed by atoms with van der Waals surface area (Å²) in [4.78, 5) is 13.4. The zero-order valence-electron chi connectivity index (χ0n) is 14.2. The molecule has 1 unspecified atom stereocenters. The number of fused-ring (bicyclic) bond motifs is 1. The minimum Gasteiger partial charge on any atom is -0.349 e. The van der Waals surface area contributed by atoms with E-state index in [1.807, 2.05) is 25.6 Å². The van der Waals surface area contributed by atoms with Crippen molar-refractivity contribution in [1.82, 2.24) is 15.1 Å². The number of thioether (sulfide) groups is 1. The molecule has 2 heterocycles. The maximum absolute atomic E-state index is 13.5. The Kier molecular flexibility index (Phi) is 4.94. The average molecular weight is 347 g/mol. The molecule has 1 aliphatic heterocycles. The minimum absolute atomic E-state index is 0.00441. The Hall–Kier alpha value is -1.82. The van der Waals surface area contributed by atoms with Crippen LogP contribution in [0, 0.1) is 19.7 Å². The number of amides is 1. The first-order chi connectivity index (χ1) is 11.5. The number of hydrogen-bond acceptors (Lipinski definition) is 3. The molecule has 6 heteroatoms. The Morgan fingerprint density at radius 2 is 2.25 bits per heavy atom. The molecule has 1 amide bonds. The fourth-order valence-corrected chi connectivity index (χ4v) is 4.31. The van der Waals surface area contributed by atoms with Gasteiger partial charge in [-0.15, -0.1) is 11.8 Å². The second-order valence-electron chi connectivity index (χ2n) is 6.21. The lowest BCUT2D eigenvalue weighted by molar-refractivity contribution is -0.121. The highest BCUT2D eigenvalue weighted by Crippen LogP contribution is 2.36. The van der Waals surface area contributed by atoms with Gasteiger partial charge in [0.2, 0.25) is 5.91 Å². The predicted molar refractivity (Wildman–Crippen MR) is 93.6 cm³/mol. The number of nitrogens with zero attached hydrogens (tertiary/aromatic N) is 2. The third kappa shape index (κ3) is 3.48. The molecule has 0 saturated carbocycles. The molecule has 3 rings (SSSR count). The van der Waals surface area contributed by atoms with Gasteiger partial charge in [-0.05, 0) is 56.0 Å². The van der Waals surface area contributed by atoms with Gasteiger partial charge in [0.1, 0.15) is 5.82 Å². The van der Waals surface area contributed by atoms with Crippen LogP contribution in [-0.4, -0.2) is 21.4 Å². The molecule has 1 atom stereocenters. The summed E-state index contributed by atoms with van der Waals surface area (Å²) >= 11 is 1.72. The lowest BCUT2D eigenvalue weighted by Crippen LogP contribution is -2.31. The summed E-state index contributed by atoms with van der Waals surface area (Å²) in [6, 6.07) is 4.72. The fourth-order valence-electron chi connectivity index (χ4n) is 3.20. The van der Waals surface area contributed by atoms with Crippen LogP contribution >= 0.6 is 11.8 Å². The van der Waals surface area contributed by atoms with Crippen LogP contribution in [0.2, 0.25) is 0 Å². The summed E-state index contributed by atoms with van der Waals surface area (Å²) in [5.74, 6) is 0.687. The van der Waals surface area contributed by atoms with Crippen molar-refractivity contribution in [3.8, 4) is 0 Å². The fraction of sp³-hybridized carbons (Fsp3) is 0.444. The molecule has 0 spiro atoms. The van der Waals surface area contributed by atoms with Gasteiger partial charge in [-0.1, -0.05) is 0 Å². The highest BCUT2D eigenvalue weighted by atomic mass is 32.2. The van der Waals surface area contributed by atoms with Crippen LogP contribution in [0.3, 0.4) is 0 Å². The Morgan fingerprint density at radius 1 is 1.46 bits per heavy atom. The molecule has 1 N–H and O–H groups in total. The number of nitrogens with one attached hydrogen (secondary N) is 1. The van der Waals surface area contributed by atoms with E-state index in [0.717, 1.165) is 39.6 Å². The van der Waals surface area contributed by atoms with Gasteiger partial charge in [-0.3, -0.25) is 9.48 Å². The van der Waals surface area contributed by atoms with Crippen molar-refractivity contribution < 1.29 is 9.18 Å². The highest BCUT2D eigenvalue weighted by molar-refractivity contribution is 7.99. The summed E-state index contributed by atoms with van der Waals surface area (Å²) in [5, 5.41) is 7.46. The summed E-state index contributed by atoms with van der Waals surface area (Å²) in [6.45, 7) is 3.99. The molecule has 0 radical (unpaired) electrons. The van der Waals surface area contributed by atoms with E-state index in [2.05, 4.69) is 10.4 Å². The monoisotopic (exact) mass is 347 g/mol. The van der Waals surface area contributed by atoms with E-state index < -0.39 is 0 Å². The topological polar surface area (TPSA) is 46.9 Å². The van der Waals surface area contributed by atoms with Crippen molar-refractivity contribution in [1.29, 1.82) is 0 Å². The van der Waals surface area contributed by atoms with Crippen molar-refractivity contribution in [3.05, 3.63) is 46.5 Å². The van der Waals surface area contributed by atoms with Gasteiger partial charge in [0.15, 0.2) is 0 Å². The minimum atomic E-state index is -0.253. The normalized spacial score (nSPS) is 16.8. The first-order valence-corrected chi connectivity index (χ1v) is 9.15. The van der Waals surface area contributed by atoms with Gasteiger partial charge >= 0.3 is 0 Å². The van der Waals surface area contributed by atoms with Crippen LogP contribution in [0.15, 0.2) is 23.1 Å². The number of hydrogen-bond donors (Lipinski definition) is 1. The quantitative estimate of drug-likeness (QED) is 0.921. The van der Waals surface area contributed by atoms with E-state index in [0.29, 0.717) is 12.8 Å². The predicted octanol–water partition coefficient (Wildman–Crippen LogP) is 3.46. The van der Waals surface area contributed by atoms with E-state index in [4.69, 9.17) is 0 Å². The van der Waals surface area contributed by atoms with E-state index in [-0.39, 0.29) is 17.8 Å². The Bertz CT molecular complexity index is 772. The molecule has 128 valence electrons. The van der Waals surface area contributed by atoms with Crippen LogP contribution in [0.25, 0.3) is 0 Å². The van der Waals surface area contributed by atoms with Crippen molar-refractivity contribution in [2.24, 2.45) is 7.05 Å². The molecular weight excluding hydrogens is 325 g/mol. The van der Waals surface area contributed by atoms with E-state index in [1.165, 1.54) is 6.07 Å². The molecule has 0 saturated heterocycles. The summed E-state index contributed by atoms with van der Waals surface area (Å²) in [6.07, 6.45) is 1.92. The van der Waals surface area contributed by atoms with Crippen LogP contribution in [0.5, 0.6) is 0 Å². The largest absolute Gasteiger partial charge is 0.349 e. The second-order valence-corrected chi connectivity index (χ2v) is 7.35. The lowest BCUT2D eigenvalue weighted by Gasteiger charge is -2.26. The molecule has 2 aromatic rings. The third-order valence-electron chi connectivity index (χ3n) is 4.61. The maximum atomic E-state index is 13.5. The number of carbonyl (C=O) groups excluding carboxylic acids is 1. The van der Waals surface area contributed by atoms with E-state index >= 15 is 0 Å². The smallest absolute Gasteiger partial charge is 0.220 e. The Labute approximate surface area is 145 Å². The van der Waals surface area contributed by atoms with Gasteiger partial charge in [0.05, 0.1) is 11.7 Å². The maximum Gasteiger partial charge on any atom is 0.220 e. The average Bonchev–Trinajstić information content (AvgIpc) is 2.79. The van der Waals surface area contributed by atoms with Crippen LogP contribution in [0.1, 0.15) is 41.4 Å². The SMILES string of the molecule is Cc1nn(C)c(C)c1CCC(=O)NC1CCSc2ccc(F)cc21. The molecule has 0 bridgehead atoms. The first kappa shape index (κ1) is 17.0. The third-order valence-corrected chi connectivity index (χ3v) is 5.73. The molecule has 1 aliphatic rings. The van der Waals surface area contributed by atoms with Crippen molar-refractivity contribution in [2.75, 3.05) is 5.75 Å². The Morgan fingerprint density at radius 3 is 2.96 bits per heavy atom. The molecule has 24 heavy (non-hydrogen) atoms. The standard InChI is InChI=1S/C18H22FN3OS/c1-11-14(12(2)22(3)21-11)5-7-18(23)20-16-8-9-24-17-6-4-13(19)10-15(16)17/h4,6,10,16H,5,7-9H2,1-3H3,(H,20,23). The molecule has 4 nitrogen and oxygen atoms in total. The number of aromatic nitrogens is 2. The summed E-state index contributed by atoms with van der Waals surface area (Å²) < 4.78 is 15.4. The van der Waals surface area contributed by atoms with Gasteiger partial charge in [0, 0.05) is 29.8 Å². The number of rotatable bonds is 4. The number of benzene rings is 1. The first-order valence-electron chi connectivity index (χ1n) is 8.16. The van der Waals surface area contributed by atoms with E-state index in [1.54, 1.807) is 23.9 Å². The molecule has 1 aromatic carbocycles.